The third-order valence-corrected chi connectivity index (χ3v) is 6.49. The predicted molar refractivity (Wildman–Crippen MR) is 113 cm³/mol. The van der Waals surface area contributed by atoms with Gasteiger partial charge in [-0.05, 0) is 25.8 Å². The third-order valence-electron chi connectivity index (χ3n) is 6.49. The number of hydrogen-bond acceptors (Lipinski definition) is 5. The van der Waals surface area contributed by atoms with E-state index in [9.17, 15) is 14.9 Å². The van der Waals surface area contributed by atoms with E-state index >= 15 is 0 Å². The summed E-state index contributed by atoms with van der Waals surface area (Å²) in [5.74, 6) is -0.189. The van der Waals surface area contributed by atoms with E-state index in [1.54, 1.807) is 4.90 Å². The Kier molecular flexibility index (Phi) is 5.73. The topological polar surface area (TPSA) is 105 Å². The van der Waals surface area contributed by atoms with E-state index in [4.69, 9.17) is 0 Å². The molecule has 2 aliphatic rings. The summed E-state index contributed by atoms with van der Waals surface area (Å²) in [5, 5.41) is 20.6. The molecule has 0 spiro atoms. The van der Waals surface area contributed by atoms with Gasteiger partial charge in [-0.3, -0.25) is 19.6 Å². The van der Waals surface area contributed by atoms with Crippen LogP contribution in [0.2, 0.25) is 0 Å². The van der Waals surface area contributed by atoms with E-state index < -0.39 is 5.54 Å². The first kappa shape index (κ1) is 20.4. The van der Waals surface area contributed by atoms with Crippen molar-refractivity contribution in [2.45, 2.75) is 50.6 Å². The molecule has 1 atom stereocenters. The molecule has 0 radical (unpaired) electrons. The van der Waals surface area contributed by atoms with E-state index in [0.29, 0.717) is 31.9 Å². The number of hydrogen-bond donors (Lipinski definition) is 2. The highest BCUT2D eigenvalue weighted by atomic mass is 16.2. The van der Waals surface area contributed by atoms with Gasteiger partial charge < -0.3 is 10.2 Å². The Labute approximate surface area is 176 Å². The molecule has 2 N–H and O–H groups in total. The summed E-state index contributed by atoms with van der Waals surface area (Å²) < 4.78 is 0. The van der Waals surface area contributed by atoms with Crippen molar-refractivity contribution in [3.05, 3.63) is 30.0 Å². The number of aromatic nitrogens is 2. The van der Waals surface area contributed by atoms with Gasteiger partial charge in [-0.2, -0.15) is 10.4 Å². The molecule has 1 saturated carbocycles. The van der Waals surface area contributed by atoms with Gasteiger partial charge in [-0.25, -0.2) is 0 Å². The lowest BCUT2D eigenvalue weighted by Gasteiger charge is -2.39. The van der Waals surface area contributed by atoms with Crippen LogP contribution in [0, 0.1) is 11.3 Å². The molecule has 30 heavy (non-hydrogen) atoms. The Morgan fingerprint density at radius 1 is 1.17 bits per heavy atom. The molecule has 1 aromatic carbocycles. The lowest BCUT2D eigenvalue weighted by molar-refractivity contribution is -0.128. The molecule has 2 amide bonds. The molecule has 2 heterocycles. The highest BCUT2D eigenvalue weighted by Gasteiger charge is 2.36. The number of para-hydroxylation sites is 1. The van der Waals surface area contributed by atoms with Crippen LogP contribution in [0.5, 0.6) is 0 Å². The summed E-state index contributed by atoms with van der Waals surface area (Å²) in [6.45, 7) is 4.19. The molecule has 8 heteroatoms. The fourth-order valence-electron chi connectivity index (χ4n) is 4.51. The largest absolute Gasteiger partial charge is 0.336 e. The molecule has 1 aliphatic carbocycles. The second-order valence-electron chi connectivity index (χ2n) is 8.37. The first-order valence-corrected chi connectivity index (χ1v) is 10.7. The number of aromatic amines is 1. The highest BCUT2D eigenvalue weighted by molar-refractivity contribution is 6.04. The summed E-state index contributed by atoms with van der Waals surface area (Å²) in [5.41, 5.74) is 0.569. The highest BCUT2D eigenvalue weighted by Crippen LogP contribution is 2.28. The average Bonchev–Trinajstić information content (AvgIpc) is 3.23. The van der Waals surface area contributed by atoms with Gasteiger partial charge >= 0.3 is 0 Å². The number of piperazine rings is 1. The summed E-state index contributed by atoms with van der Waals surface area (Å²) in [6, 6.07) is 9.61. The maximum Gasteiger partial charge on any atom is 0.275 e. The first-order chi connectivity index (χ1) is 14.5. The maximum absolute atomic E-state index is 12.9. The van der Waals surface area contributed by atoms with Crippen molar-refractivity contribution >= 4 is 22.7 Å². The van der Waals surface area contributed by atoms with Crippen LogP contribution in [0.1, 0.15) is 49.5 Å². The number of fused-ring (bicyclic) bond motifs is 1. The van der Waals surface area contributed by atoms with Gasteiger partial charge in [-0.1, -0.05) is 37.5 Å². The maximum atomic E-state index is 12.9. The number of carbonyl (C=O) groups excluding carboxylic acids is 2. The molecular formula is C22H28N6O2. The minimum atomic E-state index is -0.720. The van der Waals surface area contributed by atoms with E-state index in [1.807, 2.05) is 31.2 Å². The van der Waals surface area contributed by atoms with Crippen LogP contribution in [-0.4, -0.2) is 69.6 Å². The zero-order chi connectivity index (χ0) is 21.1. The monoisotopic (exact) mass is 408 g/mol. The van der Waals surface area contributed by atoms with Crippen molar-refractivity contribution in [3.8, 4) is 6.07 Å². The van der Waals surface area contributed by atoms with Crippen LogP contribution in [0.25, 0.3) is 10.9 Å². The van der Waals surface area contributed by atoms with E-state index in [0.717, 1.165) is 43.0 Å². The Morgan fingerprint density at radius 3 is 2.57 bits per heavy atom. The quantitative estimate of drug-likeness (QED) is 0.806. The Bertz CT molecular complexity index is 963. The minimum absolute atomic E-state index is 0.0881. The smallest absolute Gasteiger partial charge is 0.275 e. The molecule has 8 nitrogen and oxygen atoms in total. The summed E-state index contributed by atoms with van der Waals surface area (Å²) in [7, 11) is 0. The normalized spacial score (nSPS) is 20.5. The van der Waals surface area contributed by atoms with Crippen LogP contribution in [0.15, 0.2) is 24.3 Å². The number of nitrogens with one attached hydrogen (secondary N) is 2. The minimum Gasteiger partial charge on any atom is -0.336 e. The van der Waals surface area contributed by atoms with Crippen molar-refractivity contribution in [2.24, 2.45) is 0 Å². The van der Waals surface area contributed by atoms with Gasteiger partial charge in [0.25, 0.3) is 5.91 Å². The fourth-order valence-corrected chi connectivity index (χ4v) is 4.51. The predicted octanol–water partition coefficient (Wildman–Crippen LogP) is 2.05. The molecule has 158 valence electrons. The van der Waals surface area contributed by atoms with Gasteiger partial charge in [0.05, 0.1) is 17.6 Å². The van der Waals surface area contributed by atoms with Crippen molar-refractivity contribution in [1.82, 2.24) is 25.3 Å². The van der Waals surface area contributed by atoms with E-state index in [2.05, 4.69) is 26.5 Å². The van der Waals surface area contributed by atoms with Gasteiger partial charge in [0, 0.05) is 31.6 Å². The van der Waals surface area contributed by atoms with Gasteiger partial charge in [0.1, 0.15) is 5.54 Å². The molecule has 4 rings (SSSR count). The van der Waals surface area contributed by atoms with Crippen molar-refractivity contribution in [2.75, 3.05) is 26.2 Å². The molecular weight excluding hydrogens is 380 g/mol. The first-order valence-electron chi connectivity index (χ1n) is 10.7. The SMILES string of the molecule is CC(C(=O)NC1(C#N)CCCCC1)N1CCN(C(=O)c2n[nH]c3ccccc23)CC1. The standard InChI is InChI=1S/C22H28N6O2/c1-16(20(29)24-22(15-23)9-5-2-6-10-22)27-11-13-28(14-12-27)21(30)19-17-7-3-4-8-18(17)25-26-19/h3-4,7-8,16H,2,5-6,9-14H2,1H3,(H,24,29)(H,25,26). The molecule has 2 aromatic rings. The number of benzene rings is 1. The number of rotatable bonds is 4. The van der Waals surface area contributed by atoms with Crippen molar-refractivity contribution in [1.29, 1.82) is 5.26 Å². The number of nitrogens with zero attached hydrogens (tertiary/aromatic N) is 4. The lowest BCUT2D eigenvalue weighted by atomic mass is 9.82. The van der Waals surface area contributed by atoms with Gasteiger partial charge in [0.15, 0.2) is 5.69 Å². The van der Waals surface area contributed by atoms with E-state index in [-0.39, 0.29) is 17.9 Å². The summed E-state index contributed by atoms with van der Waals surface area (Å²) in [6.07, 6.45) is 4.52. The Hall–Kier alpha value is -2.92. The third kappa shape index (κ3) is 3.90. The second-order valence-corrected chi connectivity index (χ2v) is 8.37. The molecule has 0 bridgehead atoms. The molecule has 1 aliphatic heterocycles. The van der Waals surface area contributed by atoms with Crippen LogP contribution >= 0.6 is 0 Å². The molecule has 1 aromatic heterocycles. The van der Waals surface area contributed by atoms with Gasteiger partial charge in [-0.15, -0.1) is 0 Å². The van der Waals surface area contributed by atoms with E-state index in [1.165, 1.54) is 0 Å². The number of nitriles is 1. The summed E-state index contributed by atoms with van der Waals surface area (Å²) in [4.78, 5) is 29.6. The number of carbonyl (C=O) groups is 2. The summed E-state index contributed by atoms with van der Waals surface area (Å²) >= 11 is 0. The number of H-pyrrole nitrogens is 1. The van der Waals surface area contributed by atoms with Crippen LogP contribution in [0.4, 0.5) is 0 Å². The Morgan fingerprint density at radius 2 is 1.87 bits per heavy atom. The van der Waals surface area contributed by atoms with Gasteiger partial charge in [0.2, 0.25) is 5.91 Å². The zero-order valence-electron chi connectivity index (χ0n) is 17.4. The van der Waals surface area contributed by atoms with Crippen LogP contribution in [-0.2, 0) is 4.79 Å². The second kappa shape index (κ2) is 8.44. The van der Waals surface area contributed by atoms with Crippen LogP contribution in [0.3, 0.4) is 0 Å². The molecule has 2 fully saturated rings. The zero-order valence-corrected chi connectivity index (χ0v) is 17.4. The van der Waals surface area contributed by atoms with Crippen molar-refractivity contribution in [3.63, 3.8) is 0 Å². The number of amides is 2. The average molecular weight is 409 g/mol. The van der Waals surface area contributed by atoms with Crippen LogP contribution < -0.4 is 5.32 Å². The van der Waals surface area contributed by atoms with Crippen molar-refractivity contribution < 1.29 is 9.59 Å². The Balaban J connectivity index is 1.35. The molecule has 1 saturated heterocycles. The lowest BCUT2D eigenvalue weighted by Crippen LogP contribution is -2.58. The fraction of sp³-hybridized carbons (Fsp3) is 0.545. The molecule has 1 unspecified atom stereocenters.